The molecule has 0 spiro atoms. The summed E-state index contributed by atoms with van der Waals surface area (Å²) < 4.78 is 38.3. The van der Waals surface area contributed by atoms with E-state index in [1.807, 2.05) is 13.0 Å². The van der Waals surface area contributed by atoms with E-state index < -0.39 is 22.6 Å². The van der Waals surface area contributed by atoms with Crippen molar-refractivity contribution in [3.8, 4) is 0 Å². The largest absolute Gasteiger partial charge is 0.416 e. The summed E-state index contributed by atoms with van der Waals surface area (Å²) in [5.41, 5.74) is -0.448. The normalized spacial score (nSPS) is 21.0. The van der Waals surface area contributed by atoms with E-state index in [1.165, 1.54) is 21.9 Å². The molecule has 2 heterocycles. The Labute approximate surface area is 267 Å². The van der Waals surface area contributed by atoms with Crippen molar-refractivity contribution < 1.29 is 32.3 Å². The molecule has 2 saturated heterocycles. The van der Waals surface area contributed by atoms with Crippen molar-refractivity contribution in [2.45, 2.75) is 45.2 Å². The minimum Gasteiger partial charge on any atom is -0.278 e. The fourth-order valence-electron chi connectivity index (χ4n) is 5.99. The van der Waals surface area contributed by atoms with Crippen LogP contribution in [0.1, 0.15) is 64.4 Å². The van der Waals surface area contributed by atoms with Crippen LogP contribution in [0.15, 0.2) is 110 Å². The fraction of sp³-hybridized carbons (Fsp3) is 0.297. The van der Waals surface area contributed by atoms with E-state index in [4.69, 9.17) is 0 Å². The molecule has 2 aliphatic rings. The predicted octanol–water partition coefficient (Wildman–Crippen LogP) is 7.52. The van der Waals surface area contributed by atoms with E-state index in [9.17, 15) is 32.3 Å². The molecule has 0 bridgehead atoms. The smallest absolute Gasteiger partial charge is 0.278 e. The lowest BCUT2D eigenvalue weighted by Gasteiger charge is -2.26. The molecule has 4 amide bonds. The average Bonchev–Trinajstić information content (AvgIpc) is 3.52. The number of allylic oxidation sites excluding steroid dienone is 2. The Bertz CT molecular complexity index is 1590. The maximum atomic E-state index is 13.1. The first-order chi connectivity index (χ1) is 21.8. The van der Waals surface area contributed by atoms with Gasteiger partial charge in [0.15, 0.2) is 0 Å². The van der Waals surface area contributed by atoms with E-state index in [0.29, 0.717) is 48.9 Å². The minimum atomic E-state index is -4.40. The Hall–Kier alpha value is -4.79. The maximum absolute atomic E-state index is 13.1. The summed E-state index contributed by atoms with van der Waals surface area (Å²) >= 11 is 0. The van der Waals surface area contributed by atoms with Crippen molar-refractivity contribution in [2.75, 3.05) is 13.1 Å². The Morgan fingerprint density at radius 2 is 1.22 bits per heavy atom. The zero-order chi connectivity index (χ0) is 33.5. The highest BCUT2D eigenvalue weighted by Crippen LogP contribution is 2.40. The molecule has 0 saturated carbocycles. The SMILES string of the molecule is C=CC[C@]1(C)CCN(C(=O)c2ccccc2)C1=O.C=CC[C@]1(Cc2ccc(C(F)(F)F)cc2)CCN(C(=O)c2ccccc2)C1=O. The molecule has 5 rings (SSSR count). The van der Waals surface area contributed by atoms with Crippen molar-refractivity contribution in [2.24, 2.45) is 10.8 Å². The molecule has 2 atom stereocenters. The number of nitrogens with zero attached hydrogens (tertiary/aromatic N) is 2. The van der Waals surface area contributed by atoms with Crippen LogP contribution in [-0.4, -0.2) is 46.5 Å². The molecule has 2 fully saturated rings. The van der Waals surface area contributed by atoms with Crippen molar-refractivity contribution >= 4 is 23.6 Å². The third kappa shape index (κ3) is 7.36. The van der Waals surface area contributed by atoms with Gasteiger partial charge in [0.25, 0.3) is 11.8 Å². The molecule has 2 aliphatic heterocycles. The van der Waals surface area contributed by atoms with Gasteiger partial charge in [0.1, 0.15) is 0 Å². The Morgan fingerprint density at radius 1 is 0.739 bits per heavy atom. The summed E-state index contributed by atoms with van der Waals surface area (Å²) in [5.74, 6) is -0.949. The van der Waals surface area contributed by atoms with Crippen molar-refractivity contribution in [1.82, 2.24) is 9.80 Å². The summed E-state index contributed by atoms with van der Waals surface area (Å²) in [7, 11) is 0. The monoisotopic (exact) mass is 630 g/mol. The molecule has 0 aromatic heterocycles. The van der Waals surface area contributed by atoms with Gasteiger partial charge in [-0.25, -0.2) is 0 Å². The van der Waals surface area contributed by atoms with Crippen LogP contribution < -0.4 is 0 Å². The first-order valence-corrected chi connectivity index (χ1v) is 15.1. The predicted molar refractivity (Wildman–Crippen MR) is 170 cm³/mol. The molecular formula is C37H37F3N2O4. The van der Waals surface area contributed by atoms with Gasteiger partial charge in [-0.05, 0) is 74.1 Å². The summed E-state index contributed by atoms with van der Waals surface area (Å²) in [5, 5.41) is 0. The molecule has 240 valence electrons. The van der Waals surface area contributed by atoms with Gasteiger partial charge in [-0.3, -0.25) is 29.0 Å². The zero-order valence-electron chi connectivity index (χ0n) is 25.8. The Balaban J connectivity index is 0.000000230. The Morgan fingerprint density at radius 3 is 1.70 bits per heavy atom. The van der Waals surface area contributed by atoms with Crippen LogP contribution in [0.4, 0.5) is 13.2 Å². The highest BCUT2D eigenvalue weighted by molar-refractivity contribution is 6.08. The second-order valence-corrected chi connectivity index (χ2v) is 12.0. The molecule has 0 radical (unpaired) electrons. The summed E-state index contributed by atoms with van der Waals surface area (Å²) in [4.78, 5) is 53.0. The molecule has 0 aliphatic carbocycles. The number of carbonyl (C=O) groups excluding carboxylic acids is 4. The van der Waals surface area contributed by atoms with E-state index in [0.717, 1.165) is 12.1 Å². The number of hydrogen-bond donors (Lipinski definition) is 0. The second kappa shape index (κ2) is 14.1. The fourth-order valence-corrected chi connectivity index (χ4v) is 5.99. The lowest BCUT2D eigenvalue weighted by atomic mass is 9.77. The van der Waals surface area contributed by atoms with E-state index in [1.54, 1.807) is 66.7 Å². The van der Waals surface area contributed by atoms with Crippen molar-refractivity contribution in [3.05, 3.63) is 132 Å². The van der Waals surface area contributed by atoms with Crippen LogP contribution in [-0.2, 0) is 22.2 Å². The van der Waals surface area contributed by atoms with Crippen LogP contribution in [0.5, 0.6) is 0 Å². The first kappa shape index (κ1) is 34.1. The molecule has 9 heteroatoms. The minimum absolute atomic E-state index is 0.0868. The maximum Gasteiger partial charge on any atom is 0.416 e. The number of benzene rings is 3. The van der Waals surface area contributed by atoms with Gasteiger partial charge in [-0.2, -0.15) is 13.2 Å². The quantitative estimate of drug-likeness (QED) is 0.191. The van der Waals surface area contributed by atoms with Gasteiger partial charge in [-0.15, -0.1) is 13.2 Å². The first-order valence-electron chi connectivity index (χ1n) is 15.1. The van der Waals surface area contributed by atoms with Crippen LogP contribution >= 0.6 is 0 Å². The van der Waals surface area contributed by atoms with Gasteiger partial charge in [0, 0.05) is 24.2 Å². The van der Waals surface area contributed by atoms with Gasteiger partial charge in [0.2, 0.25) is 11.8 Å². The molecule has 46 heavy (non-hydrogen) atoms. The zero-order valence-corrected chi connectivity index (χ0v) is 25.8. The topological polar surface area (TPSA) is 74.8 Å². The van der Waals surface area contributed by atoms with Gasteiger partial charge < -0.3 is 0 Å². The third-order valence-electron chi connectivity index (χ3n) is 8.65. The molecular weight excluding hydrogens is 593 g/mol. The van der Waals surface area contributed by atoms with E-state index >= 15 is 0 Å². The lowest BCUT2D eigenvalue weighted by Crippen LogP contribution is -2.39. The van der Waals surface area contributed by atoms with Crippen LogP contribution in [0.25, 0.3) is 0 Å². The highest BCUT2D eigenvalue weighted by Gasteiger charge is 2.48. The summed E-state index contributed by atoms with van der Waals surface area (Å²) in [6, 6.07) is 22.3. The lowest BCUT2D eigenvalue weighted by molar-refractivity contribution is -0.138. The molecule has 3 aromatic rings. The number of halogens is 3. The molecule has 3 aromatic carbocycles. The standard InChI is InChI=1S/C22H20F3NO2.C15H17NO2/c1-2-12-21(15-16-8-10-18(11-9-16)22(23,24)25)13-14-26(20(21)28)19(27)17-6-4-3-5-7-17;1-3-9-15(2)10-11-16(14(15)18)13(17)12-7-5-4-6-8-12/h2-11H,1,12-15H2;3-8H,1,9-11H2,2H3/t21-;15-/m11/s1. The summed E-state index contributed by atoms with van der Waals surface area (Å²) in [6.45, 7) is 10.1. The number of likely N-dealkylation sites (tertiary alicyclic amines) is 2. The van der Waals surface area contributed by atoms with Crippen molar-refractivity contribution in [3.63, 3.8) is 0 Å². The number of imide groups is 2. The number of alkyl halides is 3. The van der Waals surface area contributed by atoms with Gasteiger partial charge in [-0.1, -0.05) is 67.6 Å². The number of hydrogen-bond acceptors (Lipinski definition) is 4. The number of carbonyl (C=O) groups is 4. The van der Waals surface area contributed by atoms with E-state index in [2.05, 4.69) is 13.2 Å². The number of amides is 4. The van der Waals surface area contributed by atoms with Crippen LogP contribution in [0, 0.1) is 10.8 Å². The van der Waals surface area contributed by atoms with Crippen LogP contribution in [0.2, 0.25) is 0 Å². The van der Waals surface area contributed by atoms with E-state index in [-0.39, 0.29) is 36.6 Å². The molecule has 0 unspecified atom stereocenters. The number of rotatable bonds is 8. The van der Waals surface area contributed by atoms with Crippen molar-refractivity contribution in [1.29, 1.82) is 0 Å². The summed E-state index contributed by atoms with van der Waals surface area (Å²) in [6.07, 6.45) is 1.34. The molecule has 6 nitrogen and oxygen atoms in total. The second-order valence-electron chi connectivity index (χ2n) is 12.0. The Kier molecular flexibility index (Phi) is 10.5. The van der Waals surface area contributed by atoms with Crippen LogP contribution in [0.3, 0.4) is 0 Å². The average molecular weight is 631 g/mol. The van der Waals surface area contributed by atoms with Gasteiger partial charge in [0.05, 0.1) is 16.4 Å². The van der Waals surface area contributed by atoms with Gasteiger partial charge >= 0.3 is 6.18 Å². The highest BCUT2D eigenvalue weighted by atomic mass is 19.4. The third-order valence-corrected chi connectivity index (χ3v) is 8.65. The molecule has 0 N–H and O–H groups in total.